The molecule has 79 heavy (non-hydrogen) atoms. The van der Waals surface area contributed by atoms with Crippen molar-refractivity contribution >= 4 is 5.91 Å². The molecule has 1 heterocycles. The SMILES string of the molecule is CC/C=C\C/C=C\C/C=C\C/C=C\CCCCCCCCCCCCCCCCCCCCCCCCCCC(=O)NC(COC1OC(CO)C(O)C(O)C1O)C(O)/C=C/CCCCCCCCCCCCCCCCCCC. The van der Waals surface area contributed by atoms with Gasteiger partial charge < -0.3 is 40.3 Å². The largest absolute Gasteiger partial charge is 0.394 e. The van der Waals surface area contributed by atoms with E-state index in [9.17, 15) is 30.3 Å². The summed E-state index contributed by atoms with van der Waals surface area (Å²) in [5.41, 5.74) is 0. The van der Waals surface area contributed by atoms with E-state index >= 15 is 0 Å². The Morgan fingerprint density at radius 3 is 1.16 bits per heavy atom. The normalized spacial score (nSPS) is 18.9. The molecule has 462 valence electrons. The molecule has 0 spiro atoms. The number of unbranched alkanes of at least 4 members (excludes halogenated alkanes) is 41. The van der Waals surface area contributed by atoms with Gasteiger partial charge in [-0.3, -0.25) is 4.79 Å². The second-order valence-electron chi connectivity index (χ2n) is 23.6. The van der Waals surface area contributed by atoms with E-state index in [1.54, 1.807) is 6.08 Å². The minimum atomic E-state index is -1.57. The average Bonchev–Trinajstić information content (AvgIpc) is 3.46. The molecule has 0 bridgehead atoms. The maximum Gasteiger partial charge on any atom is 0.220 e. The first-order valence-electron chi connectivity index (χ1n) is 34.0. The Labute approximate surface area is 487 Å². The van der Waals surface area contributed by atoms with E-state index in [0.717, 1.165) is 64.2 Å². The molecule has 7 atom stereocenters. The maximum atomic E-state index is 13.1. The van der Waals surface area contributed by atoms with Crippen LogP contribution in [0.5, 0.6) is 0 Å². The van der Waals surface area contributed by atoms with Crippen molar-refractivity contribution in [3.63, 3.8) is 0 Å². The molecule has 0 aromatic heterocycles. The lowest BCUT2D eigenvalue weighted by Crippen LogP contribution is -2.60. The number of amides is 1. The summed E-state index contributed by atoms with van der Waals surface area (Å²) in [6.45, 7) is 3.70. The number of carbonyl (C=O) groups excluding carboxylic acids is 1. The number of nitrogens with one attached hydrogen (secondary N) is 1. The van der Waals surface area contributed by atoms with Gasteiger partial charge in [-0.1, -0.05) is 319 Å². The fourth-order valence-corrected chi connectivity index (χ4v) is 10.8. The van der Waals surface area contributed by atoms with Gasteiger partial charge in [0.2, 0.25) is 5.91 Å². The maximum absolute atomic E-state index is 13.1. The van der Waals surface area contributed by atoms with Crippen molar-refractivity contribution in [1.29, 1.82) is 0 Å². The first-order chi connectivity index (χ1) is 38.8. The Hall–Kier alpha value is -2.11. The van der Waals surface area contributed by atoms with Gasteiger partial charge in [0.15, 0.2) is 6.29 Å². The Morgan fingerprint density at radius 1 is 0.443 bits per heavy atom. The van der Waals surface area contributed by atoms with Gasteiger partial charge in [-0.25, -0.2) is 0 Å². The zero-order valence-electron chi connectivity index (χ0n) is 51.6. The van der Waals surface area contributed by atoms with E-state index in [0.29, 0.717) is 6.42 Å². The monoisotopic (exact) mass is 1110 g/mol. The molecule has 0 aromatic carbocycles. The van der Waals surface area contributed by atoms with Crippen LogP contribution < -0.4 is 5.32 Å². The van der Waals surface area contributed by atoms with Crippen LogP contribution in [-0.4, -0.2) is 87.5 Å². The third-order valence-corrected chi connectivity index (χ3v) is 16.1. The molecule has 0 saturated carbocycles. The Morgan fingerprint density at radius 2 is 0.785 bits per heavy atom. The molecule has 0 aromatic rings. The average molecular weight is 1110 g/mol. The molecule has 1 aliphatic heterocycles. The van der Waals surface area contributed by atoms with E-state index in [4.69, 9.17) is 9.47 Å². The molecule has 6 N–H and O–H groups in total. The lowest BCUT2D eigenvalue weighted by Gasteiger charge is -2.40. The van der Waals surface area contributed by atoms with Crippen molar-refractivity contribution in [3.05, 3.63) is 60.8 Å². The fraction of sp³-hybridized carbons (Fsp3) is 0.843. The summed E-state index contributed by atoms with van der Waals surface area (Å²) in [6.07, 6.45) is 74.7. The summed E-state index contributed by atoms with van der Waals surface area (Å²) in [4.78, 5) is 13.1. The summed E-state index contributed by atoms with van der Waals surface area (Å²) < 4.78 is 11.3. The van der Waals surface area contributed by atoms with Crippen LogP contribution in [0.1, 0.15) is 322 Å². The highest BCUT2D eigenvalue weighted by Gasteiger charge is 2.44. The van der Waals surface area contributed by atoms with E-state index in [2.05, 4.69) is 67.8 Å². The zero-order valence-corrected chi connectivity index (χ0v) is 51.6. The first-order valence-corrected chi connectivity index (χ1v) is 34.0. The van der Waals surface area contributed by atoms with Crippen LogP contribution in [-0.2, 0) is 14.3 Å². The van der Waals surface area contributed by atoms with Gasteiger partial charge in [0.1, 0.15) is 24.4 Å². The van der Waals surface area contributed by atoms with Crippen LogP contribution in [0.4, 0.5) is 0 Å². The van der Waals surface area contributed by atoms with Gasteiger partial charge in [-0.05, 0) is 57.8 Å². The number of aliphatic hydroxyl groups excluding tert-OH is 5. The lowest BCUT2D eigenvalue weighted by molar-refractivity contribution is -0.302. The highest BCUT2D eigenvalue weighted by molar-refractivity contribution is 5.76. The van der Waals surface area contributed by atoms with Crippen LogP contribution in [0.15, 0.2) is 60.8 Å². The minimum Gasteiger partial charge on any atom is -0.394 e. The third kappa shape index (κ3) is 48.0. The number of rotatable bonds is 59. The predicted molar refractivity (Wildman–Crippen MR) is 336 cm³/mol. The standard InChI is InChI=1S/C70H129NO8/c1-3-5-7-9-11-13-15-17-19-21-23-24-25-26-27-28-29-30-31-32-33-34-35-36-37-38-39-40-42-44-46-48-50-52-54-56-58-60-66(74)71-63(62-78-70-69(77)68(76)67(75)65(61-72)79-70)64(73)59-57-55-53-51-49-47-45-43-41-22-20-18-16-14-12-10-8-6-4-2/h5,7,11,13,17,19,23-24,57,59,63-65,67-70,72-73,75-77H,3-4,6,8-10,12,14-16,18,20-22,25-56,58,60-62H2,1-2H3,(H,71,74)/b7-5-,13-11-,19-17-,24-23-,59-57+. The molecular weight excluding hydrogens is 983 g/mol. The summed E-state index contributed by atoms with van der Waals surface area (Å²) in [5.74, 6) is -0.171. The van der Waals surface area contributed by atoms with Crippen molar-refractivity contribution in [2.75, 3.05) is 13.2 Å². The van der Waals surface area contributed by atoms with Gasteiger partial charge in [0, 0.05) is 6.42 Å². The number of ether oxygens (including phenoxy) is 2. The fourth-order valence-electron chi connectivity index (χ4n) is 10.8. The Bertz CT molecular complexity index is 1430. The van der Waals surface area contributed by atoms with Crippen molar-refractivity contribution in [2.45, 2.75) is 365 Å². The molecule has 0 aliphatic carbocycles. The van der Waals surface area contributed by atoms with E-state index in [1.807, 2.05) is 6.08 Å². The molecule has 1 fully saturated rings. The number of allylic oxidation sites excluding steroid dienone is 9. The molecule has 1 rings (SSSR count). The van der Waals surface area contributed by atoms with Crippen LogP contribution in [0.3, 0.4) is 0 Å². The first kappa shape index (κ1) is 74.9. The van der Waals surface area contributed by atoms with E-state index in [-0.39, 0.29) is 12.5 Å². The van der Waals surface area contributed by atoms with Crippen molar-refractivity contribution in [2.24, 2.45) is 0 Å². The molecule has 9 heteroatoms. The minimum absolute atomic E-state index is 0.171. The predicted octanol–water partition coefficient (Wildman–Crippen LogP) is 18.2. The molecule has 1 aliphatic rings. The Kier molecular flexibility index (Phi) is 56.0. The van der Waals surface area contributed by atoms with Crippen molar-refractivity contribution in [1.82, 2.24) is 5.32 Å². The topological polar surface area (TPSA) is 149 Å². The molecule has 0 radical (unpaired) electrons. The quantitative estimate of drug-likeness (QED) is 0.0261. The number of aliphatic hydroxyl groups is 5. The lowest BCUT2D eigenvalue weighted by atomic mass is 9.99. The second-order valence-corrected chi connectivity index (χ2v) is 23.6. The molecule has 1 amide bonds. The number of hydrogen-bond acceptors (Lipinski definition) is 8. The third-order valence-electron chi connectivity index (χ3n) is 16.1. The summed E-state index contributed by atoms with van der Waals surface area (Å²) in [5, 5.41) is 54.7. The van der Waals surface area contributed by atoms with Crippen molar-refractivity contribution < 1.29 is 39.8 Å². The highest BCUT2D eigenvalue weighted by Crippen LogP contribution is 2.23. The van der Waals surface area contributed by atoms with Crippen LogP contribution in [0, 0.1) is 0 Å². The number of hydrogen-bond donors (Lipinski definition) is 6. The van der Waals surface area contributed by atoms with Crippen molar-refractivity contribution in [3.8, 4) is 0 Å². The molecule has 7 unspecified atom stereocenters. The molecule has 1 saturated heterocycles. The number of carbonyl (C=O) groups is 1. The highest BCUT2D eigenvalue weighted by atomic mass is 16.7. The van der Waals surface area contributed by atoms with E-state index in [1.165, 1.54) is 238 Å². The van der Waals surface area contributed by atoms with Crippen LogP contribution >= 0.6 is 0 Å². The summed E-state index contributed by atoms with van der Waals surface area (Å²) in [6, 6.07) is -0.805. The van der Waals surface area contributed by atoms with Gasteiger partial charge >= 0.3 is 0 Å². The van der Waals surface area contributed by atoms with E-state index < -0.39 is 49.5 Å². The van der Waals surface area contributed by atoms with Gasteiger partial charge in [0.25, 0.3) is 0 Å². The van der Waals surface area contributed by atoms with Gasteiger partial charge in [0.05, 0.1) is 25.4 Å². The second kappa shape index (κ2) is 59.1. The molecule has 9 nitrogen and oxygen atoms in total. The smallest absolute Gasteiger partial charge is 0.220 e. The summed E-state index contributed by atoms with van der Waals surface area (Å²) >= 11 is 0. The van der Waals surface area contributed by atoms with Crippen LogP contribution in [0.2, 0.25) is 0 Å². The molecular formula is C70H129NO8. The summed E-state index contributed by atoms with van der Waals surface area (Å²) in [7, 11) is 0. The zero-order chi connectivity index (χ0) is 57.2. The van der Waals surface area contributed by atoms with Crippen LogP contribution in [0.25, 0.3) is 0 Å². The van der Waals surface area contributed by atoms with Gasteiger partial charge in [-0.2, -0.15) is 0 Å². The Balaban J connectivity index is 2.08. The van der Waals surface area contributed by atoms with Gasteiger partial charge in [-0.15, -0.1) is 0 Å².